The summed E-state index contributed by atoms with van der Waals surface area (Å²) in [5.74, 6) is 1.74. The molecule has 148 valence electrons. The normalized spacial score (nSPS) is 12.9. The summed E-state index contributed by atoms with van der Waals surface area (Å²) in [6, 6.07) is 20.0. The van der Waals surface area contributed by atoms with Gasteiger partial charge in [0, 0.05) is 31.0 Å². The average Bonchev–Trinajstić information content (AvgIpc) is 2.83. The van der Waals surface area contributed by atoms with Crippen LogP contribution in [-0.4, -0.2) is 28.1 Å². The SMILES string of the molecule is c1cncc(C(Nc2cccnc2N2CCOc3ccccc32)c2cccnc2)c1. The summed E-state index contributed by atoms with van der Waals surface area (Å²) in [6.07, 6.45) is 9.14. The molecule has 0 atom stereocenters. The lowest BCUT2D eigenvalue weighted by Crippen LogP contribution is -2.30. The number of aromatic nitrogens is 3. The van der Waals surface area contributed by atoms with Crippen molar-refractivity contribution in [3.63, 3.8) is 0 Å². The second-order valence-corrected chi connectivity index (χ2v) is 6.99. The van der Waals surface area contributed by atoms with Gasteiger partial charge in [-0.15, -0.1) is 0 Å². The summed E-state index contributed by atoms with van der Waals surface area (Å²) in [4.78, 5) is 15.5. The number of nitrogens with zero attached hydrogens (tertiary/aromatic N) is 4. The standard InChI is InChI=1S/C24H21N5O/c1-2-10-22-21(9-1)29(14-15-30-22)24-20(8-5-13-27-24)28-23(18-6-3-11-25-16-18)19-7-4-12-26-17-19/h1-13,16-17,23,28H,14-15H2. The zero-order valence-corrected chi connectivity index (χ0v) is 16.3. The zero-order chi connectivity index (χ0) is 20.2. The topological polar surface area (TPSA) is 63.2 Å². The lowest BCUT2D eigenvalue weighted by atomic mass is 10.0. The Labute approximate surface area is 175 Å². The first kappa shape index (κ1) is 18.1. The van der Waals surface area contributed by atoms with E-state index in [1.165, 1.54) is 0 Å². The summed E-state index contributed by atoms with van der Waals surface area (Å²) >= 11 is 0. The number of nitrogens with one attached hydrogen (secondary N) is 1. The molecule has 1 aromatic carbocycles. The van der Waals surface area contributed by atoms with Crippen LogP contribution in [0.2, 0.25) is 0 Å². The van der Waals surface area contributed by atoms with Gasteiger partial charge >= 0.3 is 0 Å². The second-order valence-electron chi connectivity index (χ2n) is 6.99. The van der Waals surface area contributed by atoms with E-state index in [9.17, 15) is 0 Å². The highest BCUT2D eigenvalue weighted by molar-refractivity contribution is 5.77. The van der Waals surface area contributed by atoms with Crippen LogP contribution in [0, 0.1) is 0 Å². The van der Waals surface area contributed by atoms with E-state index in [0.29, 0.717) is 6.61 Å². The largest absolute Gasteiger partial charge is 0.490 e. The zero-order valence-electron chi connectivity index (χ0n) is 16.3. The van der Waals surface area contributed by atoms with Gasteiger partial charge in [-0.05, 0) is 47.5 Å². The molecule has 0 fully saturated rings. The highest BCUT2D eigenvalue weighted by atomic mass is 16.5. The van der Waals surface area contributed by atoms with Crippen molar-refractivity contribution >= 4 is 17.2 Å². The van der Waals surface area contributed by atoms with Crippen molar-refractivity contribution in [2.24, 2.45) is 0 Å². The number of benzene rings is 1. The molecule has 4 aromatic rings. The van der Waals surface area contributed by atoms with Crippen molar-refractivity contribution in [2.45, 2.75) is 6.04 Å². The molecular formula is C24H21N5O. The van der Waals surface area contributed by atoms with Crippen LogP contribution in [0.15, 0.2) is 91.6 Å². The number of anilines is 3. The molecule has 5 rings (SSSR count). The van der Waals surface area contributed by atoms with Crippen molar-refractivity contribution in [3.05, 3.63) is 103 Å². The summed E-state index contributed by atoms with van der Waals surface area (Å²) in [5.41, 5.74) is 4.07. The van der Waals surface area contributed by atoms with E-state index in [-0.39, 0.29) is 6.04 Å². The molecule has 4 heterocycles. The Bertz CT molecular complexity index is 1080. The van der Waals surface area contributed by atoms with Crippen LogP contribution in [0.3, 0.4) is 0 Å². The monoisotopic (exact) mass is 395 g/mol. The van der Waals surface area contributed by atoms with Crippen LogP contribution in [0.1, 0.15) is 17.2 Å². The Morgan fingerprint density at radius 3 is 2.30 bits per heavy atom. The van der Waals surface area contributed by atoms with E-state index in [1.54, 1.807) is 12.4 Å². The summed E-state index contributed by atoms with van der Waals surface area (Å²) < 4.78 is 5.83. The van der Waals surface area contributed by atoms with Gasteiger partial charge in [-0.25, -0.2) is 4.98 Å². The molecule has 0 saturated carbocycles. The van der Waals surface area contributed by atoms with Gasteiger partial charge < -0.3 is 15.0 Å². The maximum Gasteiger partial charge on any atom is 0.156 e. The number of hydrogen-bond acceptors (Lipinski definition) is 6. The fourth-order valence-corrected chi connectivity index (χ4v) is 3.72. The third-order valence-corrected chi connectivity index (χ3v) is 5.11. The maximum absolute atomic E-state index is 5.83. The molecular weight excluding hydrogens is 374 g/mol. The molecule has 0 saturated heterocycles. The van der Waals surface area contributed by atoms with Crippen LogP contribution in [-0.2, 0) is 0 Å². The van der Waals surface area contributed by atoms with E-state index in [0.717, 1.165) is 40.6 Å². The Morgan fingerprint density at radius 2 is 1.57 bits per heavy atom. The quantitative estimate of drug-likeness (QED) is 0.533. The minimum Gasteiger partial charge on any atom is -0.490 e. The molecule has 0 unspecified atom stereocenters. The highest BCUT2D eigenvalue weighted by Gasteiger charge is 2.24. The highest BCUT2D eigenvalue weighted by Crippen LogP contribution is 2.39. The van der Waals surface area contributed by atoms with Crippen LogP contribution in [0.4, 0.5) is 17.2 Å². The van der Waals surface area contributed by atoms with E-state index >= 15 is 0 Å². The third kappa shape index (κ3) is 3.55. The molecule has 30 heavy (non-hydrogen) atoms. The number of para-hydroxylation sites is 2. The van der Waals surface area contributed by atoms with E-state index in [2.05, 4.69) is 44.5 Å². The first-order valence-corrected chi connectivity index (χ1v) is 9.91. The van der Waals surface area contributed by atoms with Crippen LogP contribution in [0.5, 0.6) is 5.75 Å². The van der Waals surface area contributed by atoms with Crippen LogP contribution in [0.25, 0.3) is 0 Å². The predicted molar refractivity (Wildman–Crippen MR) is 117 cm³/mol. The Balaban J connectivity index is 1.55. The van der Waals surface area contributed by atoms with Crippen molar-refractivity contribution in [1.82, 2.24) is 15.0 Å². The summed E-state index contributed by atoms with van der Waals surface area (Å²) in [7, 11) is 0. The lowest BCUT2D eigenvalue weighted by Gasteiger charge is -2.32. The minimum absolute atomic E-state index is 0.105. The molecule has 6 nitrogen and oxygen atoms in total. The molecule has 0 radical (unpaired) electrons. The van der Waals surface area contributed by atoms with Crippen molar-refractivity contribution in [3.8, 4) is 5.75 Å². The average molecular weight is 395 g/mol. The summed E-state index contributed by atoms with van der Waals surface area (Å²) in [5, 5.41) is 3.68. The summed E-state index contributed by atoms with van der Waals surface area (Å²) in [6.45, 7) is 1.34. The van der Waals surface area contributed by atoms with Gasteiger partial charge in [-0.2, -0.15) is 0 Å². The van der Waals surface area contributed by atoms with Crippen LogP contribution < -0.4 is 15.0 Å². The maximum atomic E-state index is 5.83. The lowest BCUT2D eigenvalue weighted by molar-refractivity contribution is 0.313. The van der Waals surface area contributed by atoms with Gasteiger partial charge in [-0.1, -0.05) is 24.3 Å². The molecule has 0 bridgehead atoms. The molecule has 0 aliphatic carbocycles. The van der Waals surface area contributed by atoms with Gasteiger partial charge in [-0.3, -0.25) is 9.97 Å². The molecule has 3 aromatic heterocycles. The van der Waals surface area contributed by atoms with E-state index in [1.807, 2.05) is 55.0 Å². The first-order valence-electron chi connectivity index (χ1n) is 9.91. The number of ether oxygens (including phenoxy) is 1. The van der Waals surface area contributed by atoms with Gasteiger partial charge in [0.15, 0.2) is 5.82 Å². The Kier molecular flexibility index (Phi) is 4.96. The number of pyridine rings is 3. The number of hydrogen-bond donors (Lipinski definition) is 1. The van der Waals surface area contributed by atoms with Crippen molar-refractivity contribution < 1.29 is 4.74 Å². The molecule has 1 aliphatic heterocycles. The van der Waals surface area contributed by atoms with Gasteiger partial charge in [0.05, 0.1) is 24.0 Å². The first-order chi connectivity index (χ1) is 14.9. The Hall–Kier alpha value is -3.93. The van der Waals surface area contributed by atoms with Crippen molar-refractivity contribution in [2.75, 3.05) is 23.4 Å². The van der Waals surface area contributed by atoms with Gasteiger partial charge in [0.25, 0.3) is 0 Å². The third-order valence-electron chi connectivity index (χ3n) is 5.11. The fourth-order valence-electron chi connectivity index (χ4n) is 3.72. The second kappa shape index (κ2) is 8.21. The fraction of sp³-hybridized carbons (Fsp3) is 0.125. The molecule has 6 heteroatoms. The molecule has 1 N–H and O–H groups in total. The molecule has 0 spiro atoms. The Morgan fingerprint density at radius 1 is 0.833 bits per heavy atom. The van der Waals surface area contributed by atoms with Crippen molar-refractivity contribution in [1.29, 1.82) is 0 Å². The van der Waals surface area contributed by atoms with Gasteiger partial charge in [0.1, 0.15) is 12.4 Å². The van der Waals surface area contributed by atoms with E-state index in [4.69, 9.17) is 9.72 Å². The van der Waals surface area contributed by atoms with Crippen LogP contribution >= 0.6 is 0 Å². The number of fused-ring (bicyclic) bond motifs is 1. The molecule has 1 aliphatic rings. The predicted octanol–water partition coefficient (Wildman–Crippen LogP) is 4.60. The molecule has 0 amide bonds. The minimum atomic E-state index is -0.105. The van der Waals surface area contributed by atoms with Gasteiger partial charge in [0.2, 0.25) is 0 Å². The van der Waals surface area contributed by atoms with E-state index < -0.39 is 0 Å². The number of rotatable bonds is 5. The smallest absolute Gasteiger partial charge is 0.156 e.